The molecule has 0 saturated carbocycles. The molecule has 0 bridgehead atoms. The molecule has 0 spiro atoms. The van der Waals surface area contributed by atoms with Crippen LogP contribution in [0.3, 0.4) is 0 Å². The molecule has 1 aliphatic rings. The number of ether oxygens (including phenoxy) is 1. The summed E-state index contributed by atoms with van der Waals surface area (Å²) in [6, 6.07) is 28.6. The van der Waals surface area contributed by atoms with Crippen LogP contribution in [0.2, 0.25) is 0 Å². The number of methoxy groups -OCH3 is 1. The van der Waals surface area contributed by atoms with Gasteiger partial charge in [0.1, 0.15) is 5.92 Å². The molecule has 3 aromatic rings. The first-order valence-corrected chi connectivity index (χ1v) is 12.3. The van der Waals surface area contributed by atoms with Gasteiger partial charge >= 0.3 is 5.97 Å². The number of allylic oxidation sites excluding steroid dienone is 2. The number of benzene rings is 2. The minimum Gasteiger partial charge on any atom is -0.469 e. The molecule has 5 heteroatoms. The van der Waals surface area contributed by atoms with Gasteiger partial charge in [-0.15, -0.1) is 11.3 Å². The van der Waals surface area contributed by atoms with Crippen molar-refractivity contribution in [3.63, 3.8) is 0 Å². The lowest BCUT2D eigenvalue weighted by Crippen LogP contribution is -2.36. The lowest BCUT2D eigenvalue weighted by atomic mass is 9.60. The topological polar surface area (TPSA) is 73.9 Å². The van der Waals surface area contributed by atoms with Gasteiger partial charge in [0.05, 0.1) is 25.7 Å². The maximum Gasteiger partial charge on any atom is 0.306 e. The Morgan fingerprint density at radius 2 is 1.71 bits per heavy atom. The molecule has 1 aliphatic carbocycles. The number of hydrogen-bond acceptors (Lipinski definition) is 5. The van der Waals surface area contributed by atoms with Crippen LogP contribution in [-0.4, -0.2) is 13.1 Å². The number of nitrogens with zero attached hydrogens (tertiary/aromatic N) is 2. The molecular weight excluding hydrogens is 440 g/mol. The van der Waals surface area contributed by atoms with Crippen LogP contribution in [0.15, 0.2) is 84.3 Å². The van der Waals surface area contributed by atoms with Gasteiger partial charge in [0.15, 0.2) is 0 Å². The molecule has 0 amide bonds. The normalized spacial score (nSPS) is 20.6. The summed E-state index contributed by atoms with van der Waals surface area (Å²) in [7, 11) is 1.41. The molecule has 0 aliphatic heterocycles. The highest BCUT2D eigenvalue weighted by molar-refractivity contribution is 7.10. The van der Waals surface area contributed by atoms with E-state index in [4.69, 9.17) is 4.74 Å². The third-order valence-corrected chi connectivity index (χ3v) is 7.79. The minimum atomic E-state index is -0.842. The van der Waals surface area contributed by atoms with Crippen molar-refractivity contribution in [2.24, 2.45) is 17.8 Å². The Labute approximate surface area is 204 Å². The number of carbonyl (C=O) groups is 1. The van der Waals surface area contributed by atoms with Crippen LogP contribution in [0, 0.1) is 40.4 Å². The summed E-state index contributed by atoms with van der Waals surface area (Å²) in [5, 5.41) is 22.1. The number of nitriles is 2. The average Bonchev–Trinajstić information content (AvgIpc) is 3.43. The molecule has 4 nitrogen and oxygen atoms in total. The zero-order valence-electron chi connectivity index (χ0n) is 19.0. The first kappa shape index (κ1) is 23.5. The summed E-state index contributed by atoms with van der Waals surface area (Å²) in [5.41, 5.74) is 3.09. The summed E-state index contributed by atoms with van der Waals surface area (Å²) in [6.07, 6.45) is 3.20. The van der Waals surface area contributed by atoms with Gasteiger partial charge in [-0.3, -0.25) is 4.79 Å². The molecule has 0 saturated heterocycles. The molecule has 0 unspecified atom stereocenters. The predicted molar refractivity (Wildman–Crippen MR) is 134 cm³/mol. The fourth-order valence-corrected chi connectivity index (χ4v) is 6.23. The largest absolute Gasteiger partial charge is 0.469 e. The van der Waals surface area contributed by atoms with Crippen LogP contribution < -0.4 is 0 Å². The Hall–Kier alpha value is -3.67. The van der Waals surface area contributed by atoms with Crippen LogP contribution in [0.25, 0.3) is 5.57 Å². The van der Waals surface area contributed by atoms with Crippen molar-refractivity contribution in [1.82, 2.24) is 0 Å². The molecule has 170 valence electrons. The Morgan fingerprint density at radius 1 is 1.03 bits per heavy atom. The Kier molecular flexibility index (Phi) is 7.58. The molecule has 0 fully saturated rings. The van der Waals surface area contributed by atoms with Crippen molar-refractivity contribution in [2.45, 2.75) is 24.7 Å². The first-order valence-electron chi connectivity index (χ1n) is 11.4. The highest BCUT2D eigenvalue weighted by atomic mass is 32.1. The average molecular weight is 467 g/mol. The zero-order chi connectivity index (χ0) is 23.9. The standard InChI is InChI=1S/C29H26N2O2S/c1-33-27(32)17-25-23(20-9-4-2-5-10-20)14-15-24(26-13-8-16-34-26)29(25)28(22(18-30)19-31)21-11-6-3-7-12-21/h2-14,16,22,24-25,28-29H,15,17H2,1H3/t24-,25-,28+,29-/m0/s1. The van der Waals surface area contributed by atoms with Crippen molar-refractivity contribution < 1.29 is 9.53 Å². The van der Waals surface area contributed by atoms with Crippen molar-refractivity contribution in [2.75, 3.05) is 7.11 Å². The van der Waals surface area contributed by atoms with Crippen molar-refractivity contribution in [3.05, 3.63) is 100 Å². The number of hydrogen-bond donors (Lipinski definition) is 0. The predicted octanol–water partition coefficient (Wildman–Crippen LogP) is 6.56. The first-order chi connectivity index (χ1) is 16.7. The Bertz CT molecular complexity index is 1190. The number of thiophene rings is 1. The fourth-order valence-electron chi connectivity index (χ4n) is 5.33. The van der Waals surface area contributed by atoms with Crippen LogP contribution in [0.4, 0.5) is 0 Å². The molecular formula is C29H26N2O2S. The summed E-state index contributed by atoms with van der Waals surface area (Å²) in [5.74, 6) is -1.75. The van der Waals surface area contributed by atoms with E-state index in [-0.39, 0.29) is 36.1 Å². The molecule has 2 aromatic carbocycles. The maximum absolute atomic E-state index is 12.7. The van der Waals surface area contributed by atoms with E-state index in [0.717, 1.165) is 23.1 Å². The fraction of sp³-hybridized carbons (Fsp3) is 0.276. The third kappa shape index (κ3) is 4.81. The van der Waals surface area contributed by atoms with Gasteiger partial charge in [-0.05, 0) is 46.4 Å². The lowest BCUT2D eigenvalue weighted by molar-refractivity contribution is -0.141. The third-order valence-electron chi connectivity index (χ3n) is 6.79. The summed E-state index contributed by atoms with van der Waals surface area (Å²) in [4.78, 5) is 13.9. The van der Waals surface area contributed by atoms with Crippen molar-refractivity contribution in [1.29, 1.82) is 10.5 Å². The SMILES string of the molecule is COC(=O)C[C@H]1C(c2ccccc2)=CC[C@@H](c2cccs2)[C@@H]1[C@H](c1ccccc1)C(C#N)C#N. The minimum absolute atomic E-state index is 0.0801. The van der Waals surface area contributed by atoms with E-state index in [2.05, 4.69) is 41.8 Å². The second-order valence-electron chi connectivity index (χ2n) is 8.52. The van der Waals surface area contributed by atoms with Gasteiger partial charge < -0.3 is 4.74 Å². The van der Waals surface area contributed by atoms with E-state index >= 15 is 0 Å². The maximum atomic E-state index is 12.7. The van der Waals surface area contributed by atoms with Crippen molar-refractivity contribution >= 4 is 22.9 Å². The Balaban J connectivity index is 1.93. The van der Waals surface area contributed by atoms with Gasteiger partial charge in [-0.2, -0.15) is 10.5 Å². The van der Waals surface area contributed by atoms with E-state index in [0.29, 0.717) is 0 Å². The highest BCUT2D eigenvalue weighted by Crippen LogP contribution is 2.54. The summed E-state index contributed by atoms with van der Waals surface area (Å²) in [6.45, 7) is 0. The van der Waals surface area contributed by atoms with Crippen LogP contribution in [0.5, 0.6) is 0 Å². The molecule has 4 rings (SSSR count). The molecule has 1 heterocycles. The molecule has 34 heavy (non-hydrogen) atoms. The number of esters is 1. The number of rotatable bonds is 7. The molecule has 0 radical (unpaired) electrons. The van der Waals surface area contributed by atoms with E-state index in [1.807, 2.05) is 54.6 Å². The molecule has 0 N–H and O–H groups in total. The van der Waals surface area contributed by atoms with Gasteiger partial charge in [0.2, 0.25) is 0 Å². The second-order valence-corrected chi connectivity index (χ2v) is 9.50. The van der Waals surface area contributed by atoms with Gasteiger partial charge in [-0.1, -0.05) is 72.8 Å². The smallest absolute Gasteiger partial charge is 0.306 e. The highest BCUT2D eigenvalue weighted by Gasteiger charge is 2.45. The van der Waals surface area contributed by atoms with Crippen molar-refractivity contribution in [3.8, 4) is 12.1 Å². The molecule has 1 aromatic heterocycles. The van der Waals surface area contributed by atoms with E-state index < -0.39 is 5.92 Å². The van der Waals surface area contributed by atoms with Gasteiger partial charge in [0.25, 0.3) is 0 Å². The van der Waals surface area contributed by atoms with E-state index in [1.165, 1.54) is 12.0 Å². The van der Waals surface area contributed by atoms with Crippen LogP contribution in [0.1, 0.15) is 40.7 Å². The monoisotopic (exact) mass is 466 g/mol. The lowest BCUT2D eigenvalue weighted by Gasteiger charge is -2.43. The van der Waals surface area contributed by atoms with Gasteiger partial charge in [0, 0.05) is 16.7 Å². The van der Waals surface area contributed by atoms with Crippen LogP contribution in [-0.2, 0) is 9.53 Å². The molecule has 4 atom stereocenters. The van der Waals surface area contributed by atoms with E-state index in [9.17, 15) is 15.3 Å². The van der Waals surface area contributed by atoms with E-state index in [1.54, 1.807) is 11.3 Å². The van der Waals surface area contributed by atoms with Crippen LogP contribution >= 0.6 is 11.3 Å². The summed E-state index contributed by atoms with van der Waals surface area (Å²) < 4.78 is 5.12. The Morgan fingerprint density at radius 3 is 2.29 bits per heavy atom. The second kappa shape index (κ2) is 11.0. The van der Waals surface area contributed by atoms with Gasteiger partial charge in [-0.25, -0.2) is 0 Å². The quantitative estimate of drug-likeness (QED) is 0.370. The summed E-state index contributed by atoms with van der Waals surface area (Å²) >= 11 is 1.69. The zero-order valence-corrected chi connectivity index (χ0v) is 19.8. The number of carbonyl (C=O) groups excluding carboxylic acids is 1.